The Labute approximate surface area is 135 Å². The van der Waals surface area contributed by atoms with Gasteiger partial charge in [-0.2, -0.15) is 0 Å². The summed E-state index contributed by atoms with van der Waals surface area (Å²) in [6.45, 7) is 4.07. The number of nitrogens with one attached hydrogen (secondary N) is 1. The molecule has 0 aliphatic heterocycles. The Kier molecular flexibility index (Phi) is 4.37. The molecule has 0 fully saturated rings. The number of Topliss-reactive ketones (excluding diaryl/α,β-unsaturated/α-hetero) is 1. The van der Waals surface area contributed by atoms with E-state index >= 15 is 0 Å². The highest BCUT2D eigenvalue weighted by Gasteiger charge is 2.24. The highest BCUT2D eigenvalue weighted by molar-refractivity contribution is 6.01. The maximum absolute atomic E-state index is 12.9. The van der Waals surface area contributed by atoms with Crippen LogP contribution >= 0.6 is 0 Å². The zero-order chi connectivity index (χ0) is 16.2. The smallest absolute Gasteiger partial charge is 0.188 e. The van der Waals surface area contributed by atoms with E-state index in [1.54, 1.807) is 6.20 Å². The van der Waals surface area contributed by atoms with Gasteiger partial charge >= 0.3 is 0 Å². The van der Waals surface area contributed by atoms with Crippen LogP contribution in [-0.4, -0.2) is 20.2 Å². The van der Waals surface area contributed by atoms with E-state index in [1.807, 2.05) is 60.8 Å². The third-order valence-electron chi connectivity index (χ3n) is 4.03. The van der Waals surface area contributed by atoms with Crippen molar-refractivity contribution >= 4 is 23.1 Å². The fourth-order valence-electron chi connectivity index (χ4n) is 2.70. The molecule has 0 bridgehead atoms. The SMILES string of the molecule is CCC(CC)C(=O)c1nc2ccccn2c1Nc1ccccn1. The van der Waals surface area contributed by atoms with Crippen molar-refractivity contribution in [3.05, 3.63) is 54.5 Å². The minimum Gasteiger partial charge on any atom is -0.324 e. The molecular weight excluding hydrogens is 288 g/mol. The zero-order valence-electron chi connectivity index (χ0n) is 13.4. The molecule has 0 radical (unpaired) electrons. The molecule has 0 saturated heterocycles. The van der Waals surface area contributed by atoms with Crippen molar-refractivity contribution in [1.82, 2.24) is 14.4 Å². The number of nitrogens with zero attached hydrogens (tertiary/aromatic N) is 3. The molecule has 0 aliphatic carbocycles. The van der Waals surface area contributed by atoms with Gasteiger partial charge in [-0.3, -0.25) is 9.20 Å². The fourth-order valence-corrected chi connectivity index (χ4v) is 2.70. The summed E-state index contributed by atoms with van der Waals surface area (Å²) in [5.74, 6) is 1.44. The van der Waals surface area contributed by atoms with E-state index < -0.39 is 0 Å². The van der Waals surface area contributed by atoms with Crippen molar-refractivity contribution in [2.75, 3.05) is 5.32 Å². The number of anilines is 2. The van der Waals surface area contributed by atoms with Crippen LogP contribution in [0.4, 0.5) is 11.6 Å². The predicted molar refractivity (Wildman–Crippen MR) is 91.1 cm³/mol. The van der Waals surface area contributed by atoms with E-state index in [-0.39, 0.29) is 11.7 Å². The third kappa shape index (κ3) is 2.95. The van der Waals surface area contributed by atoms with Gasteiger partial charge in [0.05, 0.1) is 0 Å². The van der Waals surface area contributed by atoms with Gasteiger partial charge < -0.3 is 5.32 Å². The zero-order valence-corrected chi connectivity index (χ0v) is 13.4. The molecule has 0 aromatic carbocycles. The fraction of sp³-hybridized carbons (Fsp3) is 0.278. The lowest BCUT2D eigenvalue weighted by molar-refractivity contribution is 0.0910. The molecule has 0 unspecified atom stereocenters. The van der Waals surface area contributed by atoms with Crippen LogP contribution in [0.25, 0.3) is 5.65 Å². The van der Waals surface area contributed by atoms with Crippen LogP contribution in [0.2, 0.25) is 0 Å². The van der Waals surface area contributed by atoms with Crippen LogP contribution in [0.3, 0.4) is 0 Å². The maximum Gasteiger partial charge on any atom is 0.188 e. The number of carbonyl (C=O) groups is 1. The quantitative estimate of drug-likeness (QED) is 0.697. The van der Waals surface area contributed by atoms with Crippen LogP contribution in [0, 0.1) is 5.92 Å². The van der Waals surface area contributed by atoms with Crippen molar-refractivity contribution < 1.29 is 4.79 Å². The van der Waals surface area contributed by atoms with E-state index in [4.69, 9.17) is 0 Å². The summed E-state index contributed by atoms with van der Waals surface area (Å²) in [5, 5.41) is 3.25. The summed E-state index contributed by atoms with van der Waals surface area (Å²) < 4.78 is 1.89. The molecular formula is C18H20N4O. The average Bonchev–Trinajstić information content (AvgIpc) is 2.95. The lowest BCUT2D eigenvalue weighted by Gasteiger charge is -2.11. The van der Waals surface area contributed by atoms with E-state index in [2.05, 4.69) is 15.3 Å². The monoisotopic (exact) mass is 308 g/mol. The largest absolute Gasteiger partial charge is 0.324 e. The van der Waals surface area contributed by atoms with Gasteiger partial charge in [-0.25, -0.2) is 9.97 Å². The second-order valence-corrected chi connectivity index (χ2v) is 5.46. The van der Waals surface area contributed by atoms with Crippen LogP contribution < -0.4 is 5.32 Å². The number of imidazole rings is 1. The highest BCUT2D eigenvalue weighted by Crippen LogP contribution is 2.26. The standard InChI is InChI=1S/C18H20N4O/c1-3-13(4-2)17(23)16-18(20-14-9-5-7-11-19-14)22-12-8-6-10-15(22)21-16/h5-13H,3-4H2,1-2H3,(H,19,20). The first-order chi connectivity index (χ1) is 11.2. The topological polar surface area (TPSA) is 59.3 Å². The normalized spacial score (nSPS) is 11.1. The van der Waals surface area contributed by atoms with Crippen molar-refractivity contribution in [2.45, 2.75) is 26.7 Å². The Morgan fingerprint density at radius 1 is 1.17 bits per heavy atom. The number of aromatic nitrogens is 3. The number of pyridine rings is 2. The molecule has 0 spiro atoms. The summed E-state index contributed by atoms with van der Waals surface area (Å²) >= 11 is 0. The molecule has 118 valence electrons. The molecule has 0 amide bonds. The van der Waals surface area contributed by atoms with Gasteiger partial charge in [-0.1, -0.05) is 26.0 Å². The first-order valence-electron chi connectivity index (χ1n) is 7.94. The Bertz CT molecular complexity index is 806. The van der Waals surface area contributed by atoms with Crippen molar-refractivity contribution in [3.8, 4) is 0 Å². The minimum absolute atomic E-state index is 0.0100. The Hall–Kier alpha value is -2.69. The molecule has 3 aromatic rings. The van der Waals surface area contributed by atoms with Crippen molar-refractivity contribution in [1.29, 1.82) is 0 Å². The molecule has 23 heavy (non-hydrogen) atoms. The molecule has 1 N–H and O–H groups in total. The Morgan fingerprint density at radius 2 is 1.96 bits per heavy atom. The van der Waals surface area contributed by atoms with Gasteiger partial charge in [-0.15, -0.1) is 0 Å². The van der Waals surface area contributed by atoms with Gasteiger partial charge in [-0.05, 0) is 37.1 Å². The van der Waals surface area contributed by atoms with Crippen LogP contribution in [0.15, 0.2) is 48.8 Å². The third-order valence-corrected chi connectivity index (χ3v) is 4.03. The van der Waals surface area contributed by atoms with E-state index in [0.29, 0.717) is 17.3 Å². The summed E-state index contributed by atoms with van der Waals surface area (Å²) in [6.07, 6.45) is 5.24. The van der Waals surface area contributed by atoms with Crippen LogP contribution in [-0.2, 0) is 0 Å². The van der Waals surface area contributed by atoms with Gasteiger partial charge in [0.2, 0.25) is 0 Å². The highest BCUT2D eigenvalue weighted by atomic mass is 16.1. The Morgan fingerprint density at radius 3 is 2.65 bits per heavy atom. The molecule has 0 saturated carbocycles. The number of carbonyl (C=O) groups excluding carboxylic acids is 1. The molecule has 5 nitrogen and oxygen atoms in total. The number of fused-ring (bicyclic) bond motifs is 1. The lowest BCUT2D eigenvalue weighted by atomic mass is 9.96. The molecule has 0 aliphatic rings. The molecule has 3 rings (SSSR count). The lowest BCUT2D eigenvalue weighted by Crippen LogP contribution is -2.15. The number of hydrogen-bond acceptors (Lipinski definition) is 4. The van der Waals surface area contributed by atoms with E-state index in [1.165, 1.54) is 0 Å². The van der Waals surface area contributed by atoms with Crippen LogP contribution in [0.1, 0.15) is 37.2 Å². The van der Waals surface area contributed by atoms with Gasteiger partial charge in [0.15, 0.2) is 5.78 Å². The molecule has 3 heterocycles. The first-order valence-corrected chi connectivity index (χ1v) is 7.94. The number of hydrogen-bond donors (Lipinski definition) is 1. The second-order valence-electron chi connectivity index (χ2n) is 5.46. The summed E-state index contributed by atoms with van der Waals surface area (Å²) in [5.41, 5.74) is 1.23. The Balaban J connectivity index is 2.10. The number of rotatable bonds is 6. The summed E-state index contributed by atoms with van der Waals surface area (Å²) in [6, 6.07) is 11.4. The van der Waals surface area contributed by atoms with E-state index in [9.17, 15) is 4.79 Å². The summed E-state index contributed by atoms with van der Waals surface area (Å²) in [4.78, 5) is 21.7. The average molecular weight is 308 g/mol. The number of ketones is 1. The van der Waals surface area contributed by atoms with Crippen molar-refractivity contribution in [2.24, 2.45) is 5.92 Å². The van der Waals surface area contributed by atoms with Gasteiger partial charge in [0.25, 0.3) is 0 Å². The maximum atomic E-state index is 12.9. The van der Waals surface area contributed by atoms with E-state index in [0.717, 1.165) is 18.5 Å². The van der Waals surface area contributed by atoms with Gasteiger partial charge in [0.1, 0.15) is 23.0 Å². The molecule has 3 aromatic heterocycles. The second kappa shape index (κ2) is 6.60. The minimum atomic E-state index is -0.0100. The summed E-state index contributed by atoms with van der Waals surface area (Å²) in [7, 11) is 0. The van der Waals surface area contributed by atoms with Gasteiger partial charge in [0, 0.05) is 18.3 Å². The van der Waals surface area contributed by atoms with Crippen molar-refractivity contribution in [3.63, 3.8) is 0 Å². The molecule has 0 atom stereocenters. The predicted octanol–water partition coefficient (Wildman–Crippen LogP) is 4.09. The first kappa shape index (κ1) is 15.2. The van der Waals surface area contributed by atoms with Crippen LogP contribution in [0.5, 0.6) is 0 Å². The molecule has 5 heteroatoms.